The first-order chi connectivity index (χ1) is 12.2. The minimum absolute atomic E-state index is 0.367. The zero-order valence-electron chi connectivity index (χ0n) is 21.7. The molecule has 27 heavy (non-hydrogen) atoms. The lowest BCUT2D eigenvalue weighted by Gasteiger charge is -2.48. The fourth-order valence-electron chi connectivity index (χ4n) is 5.42. The second kappa shape index (κ2) is 11.3. The lowest BCUT2D eigenvalue weighted by atomic mass is 9.57. The van der Waals surface area contributed by atoms with Crippen LogP contribution in [0.25, 0.3) is 0 Å². The van der Waals surface area contributed by atoms with E-state index in [0.717, 1.165) is 59.2 Å². The van der Waals surface area contributed by atoms with Gasteiger partial charge in [-0.05, 0) is 64.6 Å². The second-order valence-electron chi connectivity index (χ2n) is 11.3. The molecule has 0 fully saturated rings. The highest BCUT2D eigenvalue weighted by molar-refractivity contribution is 4.90. The van der Waals surface area contributed by atoms with Gasteiger partial charge in [-0.1, -0.05) is 110 Å². The van der Waals surface area contributed by atoms with E-state index in [0.29, 0.717) is 5.41 Å². The molecule has 0 aliphatic heterocycles. The number of hydrogen-bond acceptors (Lipinski definition) is 0. The molecule has 0 bridgehead atoms. The quantitative estimate of drug-likeness (QED) is 0.316. The molecule has 0 aromatic carbocycles. The van der Waals surface area contributed by atoms with Crippen molar-refractivity contribution in [2.45, 2.75) is 110 Å². The van der Waals surface area contributed by atoms with Gasteiger partial charge in [0.05, 0.1) is 0 Å². The van der Waals surface area contributed by atoms with Crippen LogP contribution in [0, 0.1) is 64.6 Å². The smallest absolute Gasteiger partial charge is 0.0298 e. The lowest BCUT2D eigenvalue weighted by Crippen LogP contribution is -2.41. The van der Waals surface area contributed by atoms with Crippen molar-refractivity contribution in [1.29, 1.82) is 0 Å². The molecule has 0 radical (unpaired) electrons. The van der Waals surface area contributed by atoms with Crippen LogP contribution in [0.2, 0.25) is 0 Å². The molecule has 0 heteroatoms. The Hall–Kier alpha value is 0. The van der Waals surface area contributed by atoms with Gasteiger partial charge in [-0.2, -0.15) is 0 Å². The maximum Gasteiger partial charge on any atom is -0.0298 e. The van der Waals surface area contributed by atoms with E-state index in [9.17, 15) is 0 Å². The Balaban J connectivity index is 5.28. The van der Waals surface area contributed by atoms with Crippen molar-refractivity contribution in [3.05, 3.63) is 0 Å². The molecule has 164 valence electrons. The Kier molecular flexibility index (Phi) is 11.3. The maximum atomic E-state index is 2.55. The van der Waals surface area contributed by atoms with Crippen molar-refractivity contribution in [1.82, 2.24) is 0 Å². The third-order valence-electron chi connectivity index (χ3n) is 10.3. The van der Waals surface area contributed by atoms with E-state index in [1.54, 1.807) is 0 Å². The Labute approximate surface area is 174 Å². The first-order valence-electron chi connectivity index (χ1n) is 12.2. The molecule has 10 atom stereocenters. The zero-order valence-corrected chi connectivity index (χ0v) is 21.7. The fraction of sp³-hybridized carbons (Fsp3) is 1.00. The van der Waals surface area contributed by atoms with Gasteiger partial charge in [0.2, 0.25) is 0 Å². The van der Waals surface area contributed by atoms with Gasteiger partial charge in [-0.15, -0.1) is 0 Å². The SMILES string of the molecule is CCC(C)C(C)C(C)C(C)C(C)C(C)(C)C(C)C(C)C(C)C(C)C(C)CC. The van der Waals surface area contributed by atoms with Crippen molar-refractivity contribution in [2.75, 3.05) is 0 Å². The van der Waals surface area contributed by atoms with Crippen LogP contribution in [0.4, 0.5) is 0 Å². The van der Waals surface area contributed by atoms with Crippen LogP contribution in [0.15, 0.2) is 0 Å². The molecule has 0 saturated heterocycles. The van der Waals surface area contributed by atoms with Crippen LogP contribution in [-0.4, -0.2) is 0 Å². The molecule has 0 nitrogen and oxygen atoms in total. The van der Waals surface area contributed by atoms with Gasteiger partial charge in [0.25, 0.3) is 0 Å². The highest BCUT2D eigenvalue weighted by Crippen LogP contribution is 2.48. The number of hydrogen-bond donors (Lipinski definition) is 0. The van der Waals surface area contributed by atoms with E-state index in [1.165, 1.54) is 12.8 Å². The molecular formula is C27H56. The van der Waals surface area contributed by atoms with Gasteiger partial charge in [0.15, 0.2) is 0 Å². The Morgan fingerprint density at radius 3 is 0.926 bits per heavy atom. The predicted molar refractivity (Wildman–Crippen MR) is 126 cm³/mol. The monoisotopic (exact) mass is 380 g/mol. The summed E-state index contributed by atoms with van der Waals surface area (Å²) in [5.41, 5.74) is 0.367. The van der Waals surface area contributed by atoms with Crippen LogP contribution in [-0.2, 0) is 0 Å². The summed E-state index contributed by atoms with van der Waals surface area (Å²) in [4.78, 5) is 0. The summed E-state index contributed by atoms with van der Waals surface area (Å²) in [7, 11) is 0. The molecule has 0 rings (SSSR count). The highest BCUT2D eigenvalue weighted by atomic mass is 14.5. The van der Waals surface area contributed by atoms with Crippen LogP contribution >= 0.6 is 0 Å². The maximum absolute atomic E-state index is 2.55. The van der Waals surface area contributed by atoms with Crippen molar-refractivity contribution >= 4 is 0 Å². The van der Waals surface area contributed by atoms with Crippen LogP contribution in [0.1, 0.15) is 110 Å². The van der Waals surface area contributed by atoms with E-state index in [1.807, 2.05) is 0 Å². The molecule has 0 amide bonds. The summed E-state index contributed by atoms with van der Waals surface area (Å²) in [6.45, 7) is 34.8. The van der Waals surface area contributed by atoms with Gasteiger partial charge in [-0.3, -0.25) is 0 Å². The molecule has 0 aliphatic carbocycles. The minimum Gasteiger partial charge on any atom is -0.0651 e. The summed E-state index contributed by atoms with van der Waals surface area (Å²) >= 11 is 0. The molecule has 0 heterocycles. The number of rotatable bonds is 12. The molecule has 0 aromatic rings. The Morgan fingerprint density at radius 1 is 0.444 bits per heavy atom. The average molecular weight is 381 g/mol. The predicted octanol–water partition coefficient (Wildman–Crippen LogP) is 9.19. The molecule has 0 saturated carbocycles. The van der Waals surface area contributed by atoms with Crippen LogP contribution < -0.4 is 0 Å². The van der Waals surface area contributed by atoms with E-state index in [-0.39, 0.29) is 0 Å². The first kappa shape index (κ1) is 27.0. The standard InChI is InChI=1S/C27H56/c1-15-17(3)19(5)21(7)23(9)25(11)27(13,14)26(12)24(10)22(8)20(6)18(4)16-2/h17-26H,15-16H2,1-14H3. The summed E-state index contributed by atoms with van der Waals surface area (Å²) in [6.07, 6.45) is 2.60. The molecular weight excluding hydrogens is 324 g/mol. The summed E-state index contributed by atoms with van der Waals surface area (Å²) in [6, 6.07) is 0. The van der Waals surface area contributed by atoms with Crippen molar-refractivity contribution in [3.63, 3.8) is 0 Å². The highest BCUT2D eigenvalue weighted by Gasteiger charge is 2.41. The topological polar surface area (TPSA) is 0 Å². The zero-order chi connectivity index (χ0) is 21.7. The molecule has 10 unspecified atom stereocenters. The van der Waals surface area contributed by atoms with Crippen LogP contribution in [0.3, 0.4) is 0 Å². The third-order valence-corrected chi connectivity index (χ3v) is 10.3. The second-order valence-corrected chi connectivity index (χ2v) is 11.3. The van der Waals surface area contributed by atoms with E-state index >= 15 is 0 Å². The van der Waals surface area contributed by atoms with Gasteiger partial charge in [-0.25, -0.2) is 0 Å². The summed E-state index contributed by atoms with van der Waals surface area (Å²) in [5, 5.41) is 0. The van der Waals surface area contributed by atoms with Gasteiger partial charge in [0.1, 0.15) is 0 Å². The Bertz CT molecular complexity index is 359. The third kappa shape index (κ3) is 6.50. The minimum atomic E-state index is 0.367. The van der Waals surface area contributed by atoms with E-state index in [4.69, 9.17) is 0 Å². The van der Waals surface area contributed by atoms with Crippen molar-refractivity contribution < 1.29 is 0 Å². The molecule has 0 aliphatic rings. The first-order valence-corrected chi connectivity index (χ1v) is 12.2. The van der Waals surface area contributed by atoms with E-state index in [2.05, 4.69) is 96.9 Å². The Morgan fingerprint density at radius 2 is 0.704 bits per heavy atom. The lowest BCUT2D eigenvalue weighted by molar-refractivity contribution is 0.00803. The average Bonchev–Trinajstić information content (AvgIpc) is 2.67. The van der Waals surface area contributed by atoms with Gasteiger partial charge < -0.3 is 0 Å². The van der Waals surface area contributed by atoms with Crippen molar-refractivity contribution in [2.24, 2.45) is 64.6 Å². The molecule has 0 spiro atoms. The largest absolute Gasteiger partial charge is 0.0651 e. The van der Waals surface area contributed by atoms with Crippen LogP contribution in [0.5, 0.6) is 0 Å². The van der Waals surface area contributed by atoms with E-state index < -0.39 is 0 Å². The van der Waals surface area contributed by atoms with Gasteiger partial charge >= 0.3 is 0 Å². The summed E-state index contributed by atoms with van der Waals surface area (Å²) < 4.78 is 0. The normalized spacial score (nSPS) is 24.2. The van der Waals surface area contributed by atoms with Gasteiger partial charge in [0, 0.05) is 0 Å². The summed E-state index contributed by atoms with van der Waals surface area (Å²) in [5.74, 6) is 7.84. The molecule has 0 aromatic heterocycles. The molecule has 0 N–H and O–H groups in total. The van der Waals surface area contributed by atoms with Crippen molar-refractivity contribution in [3.8, 4) is 0 Å². The fourth-order valence-corrected chi connectivity index (χ4v) is 5.42.